The van der Waals surface area contributed by atoms with Gasteiger partial charge in [-0.1, -0.05) is 0 Å². The molecule has 1 fully saturated rings. The maximum absolute atomic E-state index is 11.7. The highest BCUT2D eigenvalue weighted by atomic mass is 16.5. The second-order valence-corrected chi connectivity index (χ2v) is 4.58. The van der Waals surface area contributed by atoms with Gasteiger partial charge in [-0.3, -0.25) is 4.79 Å². The molecule has 0 aromatic heterocycles. The zero-order chi connectivity index (χ0) is 15.0. The molecule has 1 heterocycles. The second kappa shape index (κ2) is 8.36. The molecule has 3 N–H and O–H groups in total. The number of rotatable bonds is 7. The average Bonchev–Trinajstić information content (AvgIpc) is 2.91. The van der Waals surface area contributed by atoms with Crippen molar-refractivity contribution in [3.63, 3.8) is 0 Å². The summed E-state index contributed by atoms with van der Waals surface area (Å²) >= 11 is 0. The van der Waals surface area contributed by atoms with Gasteiger partial charge in [-0.05, 0) is 12.8 Å². The van der Waals surface area contributed by atoms with Crippen LogP contribution in [0.2, 0.25) is 0 Å². The Bertz CT molecular complexity index is 355. The zero-order valence-electron chi connectivity index (χ0n) is 11.6. The summed E-state index contributed by atoms with van der Waals surface area (Å²) in [5.41, 5.74) is 0. The van der Waals surface area contributed by atoms with Gasteiger partial charge in [0.1, 0.15) is 0 Å². The van der Waals surface area contributed by atoms with E-state index in [1.165, 1.54) is 7.11 Å². The van der Waals surface area contributed by atoms with Gasteiger partial charge >= 0.3 is 12.0 Å². The summed E-state index contributed by atoms with van der Waals surface area (Å²) < 4.78 is 4.69. The third kappa shape index (κ3) is 5.43. The number of methoxy groups -OCH3 is 1. The second-order valence-electron chi connectivity index (χ2n) is 4.58. The molecule has 1 aliphatic rings. The minimum Gasteiger partial charge on any atom is -0.480 e. The Morgan fingerprint density at radius 3 is 2.50 bits per heavy atom. The van der Waals surface area contributed by atoms with Gasteiger partial charge in [-0.2, -0.15) is 0 Å². The van der Waals surface area contributed by atoms with Gasteiger partial charge in [0.05, 0.1) is 6.61 Å². The fourth-order valence-electron chi connectivity index (χ4n) is 1.96. The van der Waals surface area contributed by atoms with E-state index in [1.807, 2.05) is 0 Å². The van der Waals surface area contributed by atoms with Crippen LogP contribution in [0.5, 0.6) is 0 Å². The number of likely N-dealkylation sites (tertiary alicyclic amines) is 1. The number of carboxylic acid groups (broad SMARTS) is 1. The van der Waals surface area contributed by atoms with Crippen molar-refractivity contribution in [1.82, 2.24) is 15.5 Å². The molecule has 0 aliphatic carbocycles. The van der Waals surface area contributed by atoms with Crippen molar-refractivity contribution in [1.29, 1.82) is 0 Å². The molecule has 1 rings (SSSR count). The summed E-state index contributed by atoms with van der Waals surface area (Å²) in [4.78, 5) is 35.7. The van der Waals surface area contributed by atoms with E-state index in [0.717, 1.165) is 25.9 Å². The van der Waals surface area contributed by atoms with Crippen LogP contribution in [0.15, 0.2) is 0 Å². The van der Waals surface area contributed by atoms with Crippen molar-refractivity contribution >= 4 is 17.9 Å². The number of carbonyl (C=O) groups excluding carboxylic acids is 2. The number of amides is 3. The first kappa shape index (κ1) is 16.2. The van der Waals surface area contributed by atoms with E-state index in [9.17, 15) is 14.4 Å². The molecule has 1 saturated heterocycles. The number of nitrogens with one attached hydrogen (secondary N) is 2. The number of urea groups is 1. The Labute approximate surface area is 117 Å². The quantitative estimate of drug-likeness (QED) is 0.579. The fourth-order valence-corrected chi connectivity index (χ4v) is 1.96. The molecular formula is C12H21N3O5. The van der Waals surface area contributed by atoms with E-state index in [0.29, 0.717) is 0 Å². The van der Waals surface area contributed by atoms with Crippen LogP contribution in [0, 0.1) is 0 Å². The average molecular weight is 287 g/mol. The highest BCUT2D eigenvalue weighted by molar-refractivity contribution is 5.83. The molecule has 1 aliphatic heterocycles. The van der Waals surface area contributed by atoms with E-state index < -0.39 is 18.0 Å². The summed E-state index contributed by atoms with van der Waals surface area (Å²) in [5, 5.41) is 13.6. The van der Waals surface area contributed by atoms with Gasteiger partial charge in [0, 0.05) is 33.2 Å². The van der Waals surface area contributed by atoms with Crippen molar-refractivity contribution in [3.8, 4) is 0 Å². The zero-order valence-corrected chi connectivity index (χ0v) is 11.6. The lowest BCUT2D eigenvalue weighted by Gasteiger charge is -2.16. The molecule has 0 bridgehead atoms. The minimum absolute atomic E-state index is 0.00877. The summed E-state index contributed by atoms with van der Waals surface area (Å²) in [6.45, 7) is 1.62. The molecular weight excluding hydrogens is 266 g/mol. The maximum Gasteiger partial charge on any atom is 0.328 e. The molecule has 0 aromatic rings. The molecule has 114 valence electrons. The van der Waals surface area contributed by atoms with Crippen molar-refractivity contribution < 1.29 is 24.2 Å². The van der Waals surface area contributed by atoms with Crippen LogP contribution < -0.4 is 10.6 Å². The van der Waals surface area contributed by atoms with Crippen LogP contribution in [0.3, 0.4) is 0 Å². The smallest absolute Gasteiger partial charge is 0.328 e. The number of hydrogen-bond donors (Lipinski definition) is 3. The molecule has 0 saturated carbocycles. The predicted octanol–water partition coefficient (Wildman–Crippen LogP) is -0.602. The van der Waals surface area contributed by atoms with Crippen LogP contribution in [0.1, 0.15) is 19.3 Å². The minimum atomic E-state index is -1.17. The van der Waals surface area contributed by atoms with Crippen molar-refractivity contribution in [2.75, 3.05) is 33.4 Å². The Kier molecular flexibility index (Phi) is 6.78. The van der Waals surface area contributed by atoms with Gasteiger partial charge < -0.3 is 25.4 Å². The Morgan fingerprint density at radius 2 is 1.95 bits per heavy atom. The summed E-state index contributed by atoms with van der Waals surface area (Å²) in [5.74, 6) is -1.16. The van der Waals surface area contributed by atoms with E-state index in [1.54, 1.807) is 4.90 Å². The van der Waals surface area contributed by atoms with Crippen LogP contribution in [-0.2, 0) is 14.3 Å². The number of ether oxygens (including phenoxy) is 1. The first-order chi connectivity index (χ1) is 9.54. The molecule has 0 aromatic carbocycles. The number of nitrogens with zero attached hydrogens (tertiary/aromatic N) is 1. The third-order valence-electron chi connectivity index (χ3n) is 3.02. The first-order valence-electron chi connectivity index (χ1n) is 6.58. The number of hydrogen-bond acceptors (Lipinski definition) is 4. The highest BCUT2D eigenvalue weighted by Crippen LogP contribution is 2.08. The lowest BCUT2D eigenvalue weighted by molar-refractivity contribution is -0.140. The number of carboxylic acids is 1. The normalized spacial score (nSPS) is 15.8. The third-order valence-corrected chi connectivity index (χ3v) is 3.02. The van der Waals surface area contributed by atoms with Gasteiger partial charge in [-0.15, -0.1) is 0 Å². The van der Waals surface area contributed by atoms with Crippen molar-refractivity contribution in [2.45, 2.75) is 25.3 Å². The highest BCUT2D eigenvalue weighted by Gasteiger charge is 2.20. The molecule has 1 atom stereocenters. The topological polar surface area (TPSA) is 108 Å². The van der Waals surface area contributed by atoms with Gasteiger partial charge in [0.25, 0.3) is 0 Å². The molecule has 3 amide bonds. The maximum atomic E-state index is 11.7. The fraction of sp³-hybridized carbons (Fsp3) is 0.750. The van der Waals surface area contributed by atoms with Crippen molar-refractivity contribution in [3.05, 3.63) is 0 Å². The number of carbonyl (C=O) groups is 3. The summed E-state index contributed by atoms with van der Waals surface area (Å²) in [6.07, 6.45) is 2.27. The molecule has 1 unspecified atom stereocenters. The van der Waals surface area contributed by atoms with Crippen LogP contribution in [0.25, 0.3) is 0 Å². The molecule has 0 radical (unpaired) electrons. The van der Waals surface area contributed by atoms with Gasteiger partial charge in [0.2, 0.25) is 5.91 Å². The molecule has 8 nitrogen and oxygen atoms in total. The van der Waals surface area contributed by atoms with Crippen LogP contribution in [0.4, 0.5) is 4.79 Å². The standard InChI is InChI=1S/C12H21N3O5/c1-20-8-9(11(17)18)14-12(19)13-5-4-10(16)15-6-2-3-7-15/h9H,2-8H2,1H3,(H,17,18)(H2,13,14,19). The Balaban J connectivity index is 2.21. The van der Waals surface area contributed by atoms with E-state index in [-0.39, 0.29) is 25.5 Å². The Morgan fingerprint density at radius 1 is 1.30 bits per heavy atom. The SMILES string of the molecule is COCC(NC(=O)NCCC(=O)N1CCCC1)C(=O)O. The van der Waals surface area contributed by atoms with E-state index >= 15 is 0 Å². The van der Waals surface area contributed by atoms with E-state index in [2.05, 4.69) is 10.6 Å². The van der Waals surface area contributed by atoms with Crippen molar-refractivity contribution in [2.24, 2.45) is 0 Å². The van der Waals surface area contributed by atoms with Gasteiger partial charge in [0.15, 0.2) is 6.04 Å². The lowest BCUT2D eigenvalue weighted by atomic mass is 10.3. The predicted molar refractivity (Wildman–Crippen MR) is 70.3 cm³/mol. The first-order valence-corrected chi connectivity index (χ1v) is 6.58. The van der Waals surface area contributed by atoms with E-state index in [4.69, 9.17) is 9.84 Å². The molecule has 20 heavy (non-hydrogen) atoms. The van der Waals surface area contributed by atoms with Gasteiger partial charge in [-0.25, -0.2) is 9.59 Å². The summed E-state index contributed by atoms with van der Waals surface area (Å²) in [7, 11) is 1.35. The van der Waals surface area contributed by atoms with Crippen LogP contribution >= 0.6 is 0 Å². The number of aliphatic carboxylic acids is 1. The largest absolute Gasteiger partial charge is 0.480 e. The van der Waals surface area contributed by atoms with Crippen LogP contribution in [-0.4, -0.2) is 67.3 Å². The monoisotopic (exact) mass is 287 g/mol. The lowest BCUT2D eigenvalue weighted by Crippen LogP contribution is -2.48. The molecule has 0 spiro atoms. The Hall–Kier alpha value is -1.83. The molecule has 8 heteroatoms. The summed E-state index contributed by atoms with van der Waals surface area (Å²) in [6, 6.07) is -1.72.